The summed E-state index contributed by atoms with van der Waals surface area (Å²) in [5, 5.41) is 21.2. The molecule has 0 aliphatic carbocycles. The van der Waals surface area contributed by atoms with Crippen LogP contribution in [0.4, 0.5) is 5.69 Å². The summed E-state index contributed by atoms with van der Waals surface area (Å²) in [6, 6.07) is 16.3. The molecule has 3 aliphatic rings. The molecule has 0 aromatic heterocycles. The molecule has 3 heterocycles. The Morgan fingerprint density at radius 3 is 2.23 bits per heavy atom. The minimum atomic E-state index is -0.772. The average Bonchev–Trinajstić information content (AvgIpc) is 3.71. The van der Waals surface area contributed by atoms with Crippen molar-refractivity contribution in [2.45, 2.75) is 102 Å². The Morgan fingerprint density at radius 2 is 1.52 bits per heavy atom. The van der Waals surface area contributed by atoms with Crippen LogP contribution in [0.1, 0.15) is 99.7 Å². The van der Waals surface area contributed by atoms with Gasteiger partial charge in [0.15, 0.2) is 6.29 Å². The van der Waals surface area contributed by atoms with E-state index in [1.807, 2.05) is 48.5 Å². The highest BCUT2D eigenvalue weighted by molar-refractivity contribution is 5.90. The van der Waals surface area contributed by atoms with Crippen molar-refractivity contribution in [1.82, 2.24) is 9.80 Å². The summed E-state index contributed by atoms with van der Waals surface area (Å²) in [5.74, 6) is -0.812. The first-order valence-corrected chi connectivity index (χ1v) is 16.6. The van der Waals surface area contributed by atoms with Crippen LogP contribution in [0.5, 0.6) is 0 Å². The van der Waals surface area contributed by atoms with E-state index < -0.39 is 12.3 Å². The number of likely N-dealkylation sites (tertiary alicyclic amines) is 2. The third kappa shape index (κ3) is 9.59. The third-order valence-corrected chi connectivity index (χ3v) is 9.23. The van der Waals surface area contributed by atoms with Gasteiger partial charge < -0.3 is 29.9 Å². The van der Waals surface area contributed by atoms with Crippen LogP contribution >= 0.6 is 0 Å². The van der Waals surface area contributed by atoms with E-state index in [4.69, 9.17) is 14.6 Å². The number of carboxylic acid groups (broad SMARTS) is 1. The van der Waals surface area contributed by atoms with Gasteiger partial charge in [-0.15, -0.1) is 0 Å². The number of aliphatic carboxylic acids is 1. The number of nitrogens with zero attached hydrogens (tertiary/aromatic N) is 2. The molecule has 44 heavy (non-hydrogen) atoms. The van der Waals surface area contributed by atoms with Crippen molar-refractivity contribution in [2.75, 3.05) is 38.0 Å². The standard InChI is InChI=1S/C35H49N3O6/c39-25-26-11-13-27(14-12-26)32-22-31(24-38-21-7-8-30(38)23-37-19-5-6-20-37)43-35(44-32)28-15-17-29(18-16-28)36-33(40)9-3-1-2-4-10-34(41)42/h11-18,30-32,35,39H,1-10,19-25H2,(H,36,40)(H,41,42)/t30-,31+,32-,35-/m0/s1. The van der Waals surface area contributed by atoms with Crippen molar-refractivity contribution >= 4 is 17.6 Å². The van der Waals surface area contributed by atoms with Gasteiger partial charge in [-0.3, -0.25) is 14.5 Å². The van der Waals surface area contributed by atoms with Crippen LogP contribution in [0.2, 0.25) is 0 Å². The zero-order valence-electron chi connectivity index (χ0n) is 25.9. The highest BCUT2D eigenvalue weighted by Gasteiger charge is 2.36. The van der Waals surface area contributed by atoms with Gasteiger partial charge in [-0.05, 0) is 81.4 Å². The van der Waals surface area contributed by atoms with Crippen molar-refractivity contribution < 1.29 is 29.3 Å². The monoisotopic (exact) mass is 607 g/mol. The smallest absolute Gasteiger partial charge is 0.303 e. The molecule has 0 unspecified atom stereocenters. The summed E-state index contributed by atoms with van der Waals surface area (Å²) in [5.41, 5.74) is 3.61. The number of aliphatic hydroxyl groups excluding tert-OH is 1. The molecule has 3 aliphatic heterocycles. The van der Waals surface area contributed by atoms with Gasteiger partial charge in [0.2, 0.25) is 5.91 Å². The van der Waals surface area contributed by atoms with Gasteiger partial charge in [0.25, 0.3) is 0 Å². The van der Waals surface area contributed by atoms with Gasteiger partial charge in [-0.25, -0.2) is 0 Å². The van der Waals surface area contributed by atoms with E-state index in [0.717, 1.165) is 67.7 Å². The Balaban J connectivity index is 1.19. The lowest BCUT2D eigenvalue weighted by atomic mass is 9.99. The highest BCUT2D eigenvalue weighted by atomic mass is 16.7. The molecule has 0 saturated carbocycles. The Morgan fingerprint density at radius 1 is 0.818 bits per heavy atom. The summed E-state index contributed by atoms with van der Waals surface area (Å²) in [7, 11) is 0. The van der Waals surface area contributed by atoms with E-state index in [1.54, 1.807) is 0 Å². The van der Waals surface area contributed by atoms with E-state index >= 15 is 0 Å². The molecule has 0 bridgehead atoms. The summed E-state index contributed by atoms with van der Waals surface area (Å²) in [4.78, 5) is 28.3. The van der Waals surface area contributed by atoms with Gasteiger partial charge >= 0.3 is 5.97 Å². The molecule has 4 atom stereocenters. The minimum absolute atomic E-state index is 0.0171. The lowest BCUT2D eigenvalue weighted by molar-refractivity contribution is -0.253. The van der Waals surface area contributed by atoms with Gasteiger partial charge in [-0.2, -0.15) is 0 Å². The fourth-order valence-electron chi connectivity index (χ4n) is 6.76. The maximum Gasteiger partial charge on any atom is 0.303 e. The second-order valence-electron chi connectivity index (χ2n) is 12.6. The maximum atomic E-state index is 12.5. The van der Waals surface area contributed by atoms with Crippen LogP contribution in [0.25, 0.3) is 0 Å². The molecule has 240 valence electrons. The molecule has 2 aromatic rings. The number of benzene rings is 2. The topological polar surface area (TPSA) is 112 Å². The summed E-state index contributed by atoms with van der Waals surface area (Å²) < 4.78 is 13.2. The normalized spacial score (nSPS) is 24.5. The van der Waals surface area contributed by atoms with Crippen molar-refractivity contribution in [3.05, 3.63) is 65.2 Å². The average molecular weight is 608 g/mol. The zero-order chi connectivity index (χ0) is 30.7. The molecule has 3 N–H and O–H groups in total. The van der Waals surface area contributed by atoms with E-state index in [9.17, 15) is 14.7 Å². The third-order valence-electron chi connectivity index (χ3n) is 9.23. The molecule has 2 aromatic carbocycles. The molecule has 0 spiro atoms. The van der Waals surface area contributed by atoms with E-state index in [2.05, 4.69) is 15.1 Å². The van der Waals surface area contributed by atoms with Gasteiger partial charge in [0.05, 0.1) is 18.8 Å². The lowest BCUT2D eigenvalue weighted by Gasteiger charge is -2.39. The second kappa shape index (κ2) is 16.5. The number of hydrogen-bond donors (Lipinski definition) is 3. The number of hydrogen-bond acceptors (Lipinski definition) is 7. The van der Waals surface area contributed by atoms with E-state index in [1.165, 1.54) is 38.8 Å². The van der Waals surface area contributed by atoms with Crippen molar-refractivity contribution in [3.63, 3.8) is 0 Å². The number of carboxylic acids is 1. The van der Waals surface area contributed by atoms with Crippen LogP contribution < -0.4 is 5.32 Å². The number of ether oxygens (including phenoxy) is 2. The molecule has 1 amide bonds. The van der Waals surface area contributed by atoms with Crippen LogP contribution in [0.3, 0.4) is 0 Å². The number of carbonyl (C=O) groups is 2. The molecule has 9 nitrogen and oxygen atoms in total. The number of nitrogens with one attached hydrogen (secondary N) is 1. The number of rotatable bonds is 15. The van der Waals surface area contributed by atoms with E-state index in [0.29, 0.717) is 18.9 Å². The fourth-order valence-corrected chi connectivity index (χ4v) is 6.76. The van der Waals surface area contributed by atoms with Crippen LogP contribution in [-0.2, 0) is 25.7 Å². The van der Waals surface area contributed by atoms with Gasteiger partial charge in [0.1, 0.15) is 0 Å². The van der Waals surface area contributed by atoms with Crippen LogP contribution in [-0.4, -0.2) is 76.8 Å². The molecular weight excluding hydrogens is 558 g/mol. The van der Waals surface area contributed by atoms with Gasteiger partial charge in [0, 0.05) is 49.6 Å². The van der Waals surface area contributed by atoms with Crippen molar-refractivity contribution in [3.8, 4) is 0 Å². The minimum Gasteiger partial charge on any atom is -0.481 e. The van der Waals surface area contributed by atoms with Crippen LogP contribution in [0.15, 0.2) is 48.5 Å². The summed E-state index contributed by atoms with van der Waals surface area (Å²) >= 11 is 0. The number of aliphatic hydroxyl groups is 1. The number of amides is 1. The largest absolute Gasteiger partial charge is 0.481 e. The van der Waals surface area contributed by atoms with Crippen molar-refractivity contribution in [1.29, 1.82) is 0 Å². The van der Waals surface area contributed by atoms with Crippen molar-refractivity contribution in [2.24, 2.45) is 0 Å². The molecule has 0 radical (unpaired) electrons. The second-order valence-corrected chi connectivity index (χ2v) is 12.6. The molecule has 9 heteroatoms. The summed E-state index contributed by atoms with van der Waals surface area (Å²) in [6.45, 7) is 5.60. The predicted octanol–water partition coefficient (Wildman–Crippen LogP) is 5.65. The first-order valence-electron chi connectivity index (χ1n) is 16.6. The molecular formula is C35H49N3O6. The van der Waals surface area contributed by atoms with Gasteiger partial charge in [-0.1, -0.05) is 49.2 Å². The first kappa shape index (κ1) is 32.6. The quantitative estimate of drug-likeness (QED) is 0.223. The molecule has 5 rings (SSSR count). The number of unbranched alkanes of at least 4 members (excludes halogenated alkanes) is 3. The lowest BCUT2D eigenvalue weighted by Crippen LogP contribution is -2.45. The summed E-state index contributed by atoms with van der Waals surface area (Å²) in [6.07, 6.45) is 8.89. The SMILES string of the molecule is O=C(O)CCCCCCC(=O)Nc1ccc([C@H]2O[C@@H](CN3CCC[C@H]3CN3CCCC3)C[C@@H](c3ccc(CO)cc3)O2)cc1. The Hall–Kier alpha value is -2.82. The molecule has 3 saturated heterocycles. The van der Waals surface area contributed by atoms with Crippen LogP contribution in [0, 0.1) is 0 Å². The Labute approximate surface area is 261 Å². The first-order chi connectivity index (χ1) is 21.5. The predicted molar refractivity (Wildman–Crippen MR) is 169 cm³/mol. The highest BCUT2D eigenvalue weighted by Crippen LogP contribution is 2.39. The Kier molecular flexibility index (Phi) is 12.2. The molecule has 3 fully saturated rings. The Bertz CT molecular complexity index is 1180. The van der Waals surface area contributed by atoms with E-state index in [-0.39, 0.29) is 31.1 Å². The number of carbonyl (C=O) groups excluding carboxylic acids is 1. The number of anilines is 1. The zero-order valence-corrected chi connectivity index (χ0v) is 25.9. The maximum absolute atomic E-state index is 12.5. The fraction of sp³-hybridized carbons (Fsp3) is 0.600.